The van der Waals surface area contributed by atoms with Gasteiger partial charge in [0.1, 0.15) is 0 Å². The number of nitrogens with zero attached hydrogens (tertiary/aromatic N) is 1. The van der Waals surface area contributed by atoms with E-state index in [-0.39, 0.29) is 0 Å². The molecule has 3 rings (SSSR count). The molecule has 1 aromatic rings. The first-order valence-electron chi connectivity index (χ1n) is 6.49. The molecule has 1 aromatic carbocycles. The maximum absolute atomic E-state index is 3.67. The van der Waals surface area contributed by atoms with E-state index in [0.29, 0.717) is 0 Å². The summed E-state index contributed by atoms with van der Waals surface area (Å²) in [5.41, 5.74) is 2.87. The van der Waals surface area contributed by atoms with Gasteiger partial charge in [-0.1, -0.05) is 6.07 Å². The Morgan fingerprint density at radius 2 is 2.18 bits per heavy atom. The summed E-state index contributed by atoms with van der Waals surface area (Å²) in [6.07, 6.45) is 2.85. The van der Waals surface area contributed by atoms with E-state index in [4.69, 9.17) is 0 Å². The van der Waals surface area contributed by atoms with Crippen molar-refractivity contribution in [3.8, 4) is 0 Å². The van der Waals surface area contributed by atoms with Crippen LogP contribution < -0.4 is 10.2 Å². The van der Waals surface area contributed by atoms with Crippen molar-refractivity contribution in [3.05, 3.63) is 27.3 Å². The Morgan fingerprint density at radius 1 is 1.35 bits per heavy atom. The van der Waals surface area contributed by atoms with E-state index in [9.17, 15) is 0 Å². The second-order valence-electron chi connectivity index (χ2n) is 5.23. The van der Waals surface area contributed by atoms with Crippen LogP contribution in [0, 0.1) is 16.4 Å². The summed E-state index contributed by atoms with van der Waals surface area (Å²) in [6.45, 7) is 5.70. The van der Waals surface area contributed by atoms with Crippen molar-refractivity contribution in [1.29, 1.82) is 0 Å². The summed E-state index contributed by atoms with van der Waals surface area (Å²) in [5.74, 6) is 0.945. The van der Waals surface area contributed by atoms with Crippen molar-refractivity contribution in [2.45, 2.75) is 25.8 Å². The van der Waals surface area contributed by atoms with Gasteiger partial charge in [-0.2, -0.15) is 0 Å². The lowest BCUT2D eigenvalue weighted by molar-refractivity contribution is 0.418. The van der Waals surface area contributed by atoms with E-state index in [0.717, 1.165) is 25.0 Å². The van der Waals surface area contributed by atoms with Gasteiger partial charge in [0.15, 0.2) is 0 Å². The van der Waals surface area contributed by atoms with Crippen LogP contribution >= 0.6 is 22.6 Å². The third-order valence-corrected chi connectivity index (χ3v) is 5.14. The lowest BCUT2D eigenvalue weighted by Crippen LogP contribution is -2.52. The largest absolute Gasteiger partial charge is 0.368 e. The number of halogens is 1. The topological polar surface area (TPSA) is 15.3 Å². The van der Waals surface area contributed by atoms with Crippen LogP contribution in [0.1, 0.15) is 18.4 Å². The van der Waals surface area contributed by atoms with Crippen molar-refractivity contribution in [2.24, 2.45) is 5.92 Å². The molecule has 92 valence electrons. The fourth-order valence-corrected chi connectivity index (χ4v) is 3.23. The molecule has 2 aliphatic rings. The van der Waals surface area contributed by atoms with Crippen molar-refractivity contribution in [3.63, 3.8) is 0 Å². The van der Waals surface area contributed by atoms with Gasteiger partial charge >= 0.3 is 0 Å². The minimum atomic E-state index is 0.723. The van der Waals surface area contributed by atoms with E-state index < -0.39 is 0 Å². The Kier molecular flexibility index (Phi) is 3.30. The lowest BCUT2D eigenvalue weighted by atomic mass is 10.1. The minimum Gasteiger partial charge on any atom is -0.368 e. The molecule has 1 unspecified atom stereocenters. The molecule has 3 heteroatoms. The second-order valence-corrected chi connectivity index (χ2v) is 6.39. The summed E-state index contributed by atoms with van der Waals surface area (Å²) >= 11 is 2.43. The fraction of sp³-hybridized carbons (Fsp3) is 0.571. The van der Waals surface area contributed by atoms with Crippen LogP contribution in [0.15, 0.2) is 18.2 Å². The molecule has 0 aromatic heterocycles. The zero-order valence-corrected chi connectivity index (χ0v) is 12.4. The van der Waals surface area contributed by atoms with Crippen LogP contribution in [0.5, 0.6) is 0 Å². The van der Waals surface area contributed by atoms with E-state index >= 15 is 0 Å². The van der Waals surface area contributed by atoms with Crippen LogP contribution in [0.3, 0.4) is 0 Å². The molecular weight excluding hydrogens is 323 g/mol. The average Bonchev–Trinajstić information content (AvgIpc) is 3.17. The number of benzene rings is 1. The molecule has 0 radical (unpaired) electrons. The quantitative estimate of drug-likeness (QED) is 0.832. The normalized spacial score (nSPS) is 25.1. The Labute approximate surface area is 117 Å². The van der Waals surface area contributed by atoms with Crippen molar-refractivity contribution < 1.29 is 0 Å². The highest BCUT2D eigenvalue weighted by Crippen LogP contribution is 2.35. The molecule has 2 fully saturated rings. The minimum absolute atomic E-state index is 0.723. The SMILES string of the molecule is Cc1c(I)cccc1N1CCNC(C2CC2)C1. The Balaban J connectivity index is 1.80. The maximum atomic E-state index is 3.67. The zero-order chi connectivity index (χ0) is 11.8. The number of hydrogen-bond donors (Lipinski definition) is 1. The maximum Gasteiger partial charge on any atom is 0.0407 e. The molecule has 1 saturated heterocycles. The van der Waals surface area contributed by atoms with Gasteiger partial charge in [0.2, 0.25) is 0 Å². The zero-order valence-electron chi connectivity index (χ0n) is 10.2. The molecule has 1 aliphatic heterocycles. The smallest absolute Gasteiger partial charge is 0.0407 e. The molecule has 1 heterocycles. The first-order chi connectivity index (χ1) is 8.25. The molecule has 2 nitrogen and oxygen atoms in total. The molecule has 1 aliphatic carbocycles. The molecule has 0 bridgehead atoms. The van der Waals surface area contributed by atoms with Gasteiger partial charge in [-0.15, -0.1) is 0 Å². The van der Waals surface area contributed by atoms with E-state index in [1.807, 2.05) is 0 Å². The summed E-state index contributed by atoms with van der Waals surface area (Å²) < 4.78 is 1.38. The number of hydrogen-bond acceptors (Lipinski definition) is 2. The van der Waals surface area contributed by atoms with Crippen LogP contribution in [-0.2, 0) is 0 Å². The van der Waals surface area contributed by atoms with Crippen molar-refractivity contribution in [2.75, 3.05) is 24.5 Å². The third-order valence-electron chi connectivity index (χ3n) is 3.98. The van der Waals surface area contributed by atoms with E-state index in [1.54, 1.807) is 0 Å². The highest BCUT2D eigenvalue weighted by atomic mass is 127. The number of anilines is 1. The molecule has 1 N–H and O–H groups in total. The van der Waals surface area contributed by atoms with E-state index in [2.05, 4.69) is 57.9 Å². The molecule has 0 spiro atoms. The standard InChI is InChI=1S/C14H19IN2/c1-10-12(15)3-2-4-14(10)17-8-7-16-13(9-17)11-5-6-11/h2-4,11,13,16H,5-9H2,1H3. The van der Waals surface area contributed by atoms with Gasteiger partial charge in [0, 0.05) is 34.9 Å². The summed E-state index contributed by atoms with van der Waals surface area (Å²) in [6, 6.07) is 7.37. The van der Waals surface area contributed by atoms with Crippen LogP contribution in [-0.4, -0.2) is 25.7 Å². The van der Waals surface area contributed by atoms with Gasteiger partial charge in [-0.3, -0.25) is 0 Å². The molecule has 1 saturated carbocycles. The average molecular weight is 342 g/mol. The first kappa shape index (κ1) is 11.8. The highest BCUT2D eigenvalue weighted by Gasteiger charge is 2.34. The molecule has 0 amide bonds. The first-order valence-corrected chi connectivity index (χ1v) is 7.57. The second kappa shape index (κ2) is 4.76. The van der Waals surface area contributed by atoms with Crippen molar-refractivity contribution >= 4 is 28.3 Å². The van der Waals surface area contributed by atoms with Gasteiger partial charge in [0.05, 0.1) is 0 Å². The van der Waals surface area contributed by atoms with E-state index in [1.165, 1.54) is 34.2 Å². The molecular formula is C14H19IN2. The lowest BCUT2D eigenvalue weighted by Gasteiger charge is -2.36. The predicted octanol–water partition coefficient (Wildman–Crippen LogP) is 2.79. The van der Waals surface area contributed by atoms with Crippen LogP contribution in [0.25, 0.3) is 0 Å². The predicted molar refractivity (Wildman–Crippen MR) is 80.6 cm³/mol. The van der Waals surface area contributed by atoms with Gasteiger partial charge in [-0.25, -0.2) is 0 Å². The van der Waals surface area contributed by atoms with Gasteiger partial charge < -0.3 is 10.2 Å². The summed E-state index contributed by atoms with van der Waals surface area (Å²) in [4.78, 5) is 2.57. The third kappa shape index (κ3) is 2.45. The Morgan fingerprint density at radius 3 is 2.94 bits per heavy atom. The fourth-order valence-electron chi connectivity index (χ4n) is 2.75. The van der Waals surface area contributed by atoms with Crippen LogP contribution in [0.4, 0.5) is 5.69 Å². The molecule has 17 heavy (non-hydrogen) atoms. The summed E-state index contributed by atoms with van der Waals surface area (Å²) in [5, 5.41) is 3.67. The number of piperazine rings is 1. The van der Waals surface area contributed by atoms with Crippen LogP contribution in [0.2, 0.25) is 0 Å². The number of nitrogens with one attached hydrogen (secondary N) is 1. The Hall–Kier alpha value is -0.290. The summed E-state index contributed by atoms with van der Waals surface area (Å²) in [7, 11) is 0. The monoisotopic (exact) mass is 342 g/mol. The highest BCUT2D eigenvalue weighted by molar-refractivity contribution is 14.1. The van der Waals surface area contributed by atoms with Gasteiger partial charge in [-0.05, 0) is 66.0 Å². The van der Waals surface area contributed by atoms with Crippen molar-refractivity contribution in [1.82, 2.24) is 5.32 Å². The van der Waals surface area contributed by atoms with Gasteiger partial charge in [0.25, 0.3) is 0 Å². The number of rotatable bonds is 2. The molecule has 1 atom stereocenters. The Bertz CT molecular complexity index is 415.